The quantitative estimate of drug-likeness (QED) is 0.697. The van der Waals surface area contributed by atoms with E-state index in [4.69, 9.17) is 9.47 Å². The van der Waals surface area contributed by atoms with Crippen LogP contribution in [0.5, 0.6) is 11.5 Å². The van der Waals surface area contributed by atoms with E-state index in [-0.39, 0.29) is 36.1 Å². The van der Waals surface area contributed by atoms with Crippen molar-refractivity contribution in [3.05, 3.63) is 53.8 Å². The van der Waals surface area contributed by atoms with E-state index < -0.39 is 20.9 Å². The van der Waals surface area contributed by atoms with Crippen molar-refractivity contribution in [1.82, 2.24) is 4.90 Å². The molecular weight excluding hydrogens is 397 g/mol. The molecule has 1 fully saturated rings. The third-order valence-corrected chi connectivity index (χ3v) is 7.29. The number of carbonyl (C=O) groups is 1. The van der Waals surface area contributed by atoms with Gasteiger partial charge in [0.25, 0.3) is 5.91 Å². The zero-order valence-electron chi connectivity index (χ0n) is 16.2. The van der Waals surface area contributed by atoms with Gasteiger partial charge >= 0.3 is 0 Å². The number of fused-ring (bicyclic) bond motifs is 1. The normalized spacial score (nSPS) is 18.0. The van der Waals surface area contributed by atoms with E-state index in [1.807, 2.05) is 26.0 Å². The summed E-state index contributed by atoms with van der Waals surface area (Å²) in [6.07, 6.45) is 0.766. The van der Waals surface area contributed by atoms with E-state index in [0.29, 0.717) is 11.5 Å². The Balaban J connectivity index is 1.34. The van der Waals surface area contributed by atoms with Gasteiger partial charge in [-0.15, -0.1) is 0 Å². The van der Waals surface area contributed by atoms with E-state index in [2.05, 4.69) is 0 Å². The van der Waals surface area contributed by atoms with Crippen LogP contribution < -0.4 is 9.47 Å². The van der Waals surface area contributed by atoms with Crippen molar-refractivity contribution in [3.8, 4) is 11.5 Å². The monoisotopic (exact) mass is 419 g/mol. The number of sulfone groups is 1. The highest BCUT2D eigenvalue weighted by atomic mass is 32.2. The molecule has 0 unspecified atom stereocenters. The summed E-state index contributed by atoms with van der Waals surface area (Å²) in [5, 5.41) is -0.693. The van der Waals surface area contributed by atoms with Gasteiger partial charge in [0.05, 0.1) is 4.90 Å². The van der Waals surface area contributed by atoms with Gasteiger partial charge in [0.2, 0.25) is 0 Å². The van der Waals surface area contributed by atoms with Crippen molar-refractivity contribution in [3.63, 3.8) is 0 Å². The second kappa shape index (κ2) is 7.02. The number of rotatable bonds is 5. The number of nitrogens with zero attached hydrogens (tertiary/aromatic N) is 1. The molecule has 0 spiro atoms. The van der Waals surface area contributed by atoms with Gasteiger partial charge in [0, 0.05) is 25.1 Å². The number of hydrogen-bond donors (Lipinski definition) is 0. The summed E-state index contributed by atoms with van der Waals surface area (Å²) in [7, 11) is -3.59. The van der Waals surface area contributed by atoms with E-state index in [1.54, 1.807) is 6.07 Å². The number of benzene rings is 2. The third kappa shape index (κ3) is 3.81. The molecule has 29 heavy (non-hydrogen) atoms. The average Bonchev–Trinajstić information content (AvgIpc) is 2.93. The van der Waals surface area contributed by atoms with E-state index in [1.165, 1.54) is 17.0 Å². The summed E-state index contributed by atoms with van der Waals surface area (Å²) in [5.41, 5.74) is 0.722. The minimum atomic E-state index is -3.59. The van der Waals surface area contributed by atoms with Crippen molar-refractivity contribution in [2.24, 2.45) is 0 Å². The highest BCUT2D eigenvalue weighted by Crippen LogP contribution is 2.41. The topological polar surface area (TPSA) is 72.9 Å². The Morgan fingerprint density at radius 2 is 1.90 bits per heavy atom. The molecular formula is C21H22FNO5S. The van der Waals surface area contributed by atoms with Gasteiger partial charge in [-0.2, -0.15) is 0 Å². The molecule has 2 aliphatic heterocycles. The first kappa shape index (κ1) is 19.7. The Labute approximate surface area is 169 Å². The first-order valence-electron chi connectivity index (χ1n) is 9.37. The third-order valence-electron chi connectivity index (χ3n) is 5.19. The minimum absolute atomic E-state index is 0.0619. The van der Waals surface area contributed by atoms with Crippen LogP contribution >= 0.6 is 0 Å². The standard InChI is InChI=1S/C21H22FNO5S/c1-21(2)10-14-4-3-5-18(20(14)28-21)27-13-19(24)23-11-17(12-23)29(25,26)16-8-6-15(22)7-9-16/h3-9,17H,10-13H2,1-2H3. The fraction of sp³-hybridized carbons (Fsp3) is 0.381. The SMILES string of the molecule is CC1(C)Cc2cccc(OCC(=O)N3CC(S(=O)(=O)c4ccc(F)cc4)C3)c2O1. The molecule has 0 N–H and O–H groups in total. The largest absolute Gasteiger partial charge is 0.483 e. The second-order valence-electron chi connectivity index (χ2n) is 7.99. The first-order valence-corrected chi connectivity index (χ1v) is 10.9. The van der Waals surface area contributed by atoms with Crippen molar-refractivity contribution < 1.29 is 27.1 Å². The van der Waals surface area contributed by atoms with Gasteiger partial charge in [0.1, 0.15) is 16.7 Å². The molecule has 2 aliphatic rings. The number of hydrogen-bond acceptors (Lipinski definition) is 5. The van der Waals surface area contributed by atoms with Crippen LogP contribution in [-0.4, -0.2) is 49.8 Å². The number of amides is 1. The average molecular weight is 419 g/mol. The maximum Gasteiger partial charge on any atom is 0.260 e. The van der Waals surface area contributed by atoms with Crippen LogP contribution in [0, 0.1) is 5.82 Å². The smallest absolute Gasteiger partial charge is 0.260 e. The number of halogens is 1. The van der Waals surface area contributed by atoms with Crippen LogP contribution in [-0.2, 0) is 21.1 Å². The summed E-state index contributed by atoms with van der Waals surface area (Å²) in [6.45, 7) is 3.98. The molecule has 6 nitrogen and oxygen atoms in total. The van der Waals surface area contributed by atoms with Gasteiger partial charge < -0.3 is 14.4 Å². The summed E-state index contributed by atoms with van der Waals surface area (Å²) >= 11 is 0. The predicted octanol–water partition coefficient (Wildman–Crippen LogP) is 2.60. The Morgan fingerprint density at radius 3 is 2.59 bits per heavy atom. The Kier molecular flexibility index (Phi) is 4.77. The van der Waals surface area contributed by atoms with Crippen LogP contribution in [0.4, 0.5) is 4.39 Å². The van der Waals surface area contributed by atoms with Crippen LogP contribution in [0.3, 0.4) is 0 Å². The highest BCUT2D eigenvalue weighted by Gasteiger charge is 2.40. The maximum absolute atomic E-state index is 13.0. The lowest BCUT2D eigenvalue weighted by Crippen LogP contribution is -2.57. The molecule has 154 valence electrons. The summed E-state index contributed by atoms with van der Waals surface area (Å²) in [6, 6.07) is 10.3. The zero-order valence-corrected chi connectivity index (χ0v) is 17.0. The number of carbonyl (C=O) groups excluding carboxylic acids is 1. The summed E-state index contributed by atoms with van der Waals surface area (Å²) in [4.78, 5) is 13.9. The van der Waals surface area contributed by atoms with Crippen LogP contribution in [0.15, 0.2) is 47.4 Å². The fourth-order valence-electron chi connectivity index (χ4n) is 3.59. The van der Waals surface area contributed by atoms with E-state index in [0.717, 1.165) is 24.1 Å². The molecule has 2 aromatic rings. The molecule has 0 aromatic heterocycles. The van der Waals surface area contributed by atoms with Crippen LogP contribution in [0.1, 0.15) is 19.4 Å². The molecule has 4 rings (SSSR count). The molecule has 0 saturated carbocycles. The lowest BCUT2D eigenvalue weighted by Gasteiger charge is -2.38. The lowest BCUT2D eigenvalue weighted by molar-refractivity contribution is -0.136. The zero-order chi connectivity index (χ0) is 20.8. The minimum Gasteiger partial charge on any atom is -0.483 e. The molecule has 0 radical (unpaired) electrons. The Bertz CT molecular complexity index is 1040. The summed E-state index contributed by atoms with van der Waals surface area (Å²) in [5.74, 6) is 0.389. The molecule has 0 aliphatic carbocycles. The maximum atomic E-state index is 13.0. The highest BCUT2D eigenvalue weighted by molar-refractivity contribution is 7.92. The van der Waals surface area contributed by atoms with Gasteiger partial charge in [-0.25, -0.2) is 12.8 Å². The molecule has 1 amide bonds. The van der Waals surface area contributed by atoms with Gasteiger partial charge in [0.15, 0.2) is 27.9 Å². The van der Waals surface area contributed by atoms with Crippen molar-refractivity contribution in [2.45, 2.75) is 36.0 Å². The van der Waals surface area contributed by atoms with Gasteiger partial charge in [-0.1, -0.05) is 12.1 Å². The number of ether oxygens (including phenoxy) is 2. The van der Waals surface area contributed by atoms with E-state index >= 15 is 0 Å². The molecule has 0 bridgehead atoms. The fourth-order valence-corrected chi connectivity index (χ4v) is 5.24. The van der Waals surface area contributed by atoms with Crippen molar-refractivity contribution in [2.75, 3.05) is 19.7 Å². The Hall–Kier alpha value is -2.61. The first-order chi connectivity index (χ1) is 13.7. The Morgan fingerprint density at radius 1 is 1.21 bits per heavy atom. The molecule has 0 atom stereocenters. The van der Waals surface area contributed by atoms with Crippen LogP contribution in [0.25, 0.3) is 0 Å². The van der Waals surface area contributed by atoms with Crippen molar-refractivity contribution >= 4 is 15.7 Å². The summed E-state index contributed by atoms with van der Waals surface area (Å²) < 4.78 is 49.7. The molecule has 2 aromatic carbocycles. The lowest BCUT2D eigenvalue weighted by atomic mass is 10.0. The van der Waals surface area contributed by atoms with Crippen LogP contribution in [0.2, 0.25) is 0 Å². The molecule has 8 heteroatoms. The molecule has 2 heterocycles. The van der Waals surface area contributed by atoms with E-state index in [9.17, 15) is 17.6 Å². The predicted molar refractivity (Wildman–Crippen MR) is 104 cm³/mol. The number of para-hydroxylation sites is 1. The van der Waals surface area contributed by atoms with Gasteiger partial charge in [-0.3, -0.25) is 4.79 Å². The number of likely N-dealkylation sites (tertiary alicyclic amines) is 1. The molecule has 1 saturated heterocycles. The second-order valence-corrected chi connectivity index (χ2v) is 10.2. The van der Waals surface area contributed by atoms with Gasteiger partial charge in [-0.05, 0) is 44.2 Å². The van der Waals surface area contributed by atoms with Crippen molar-refractivity contribution in [1.29, 1.82) is 0 Å².